The lowest BCUT2D eigenvalue weighted by Crippen LogP contribution is -1.93. The fourth-order valence-electron chi connectivity index (χ4n) is 3.01. The number of aromatic nitrogens is 1. The van der Waals surface area contributed by atoms with E-state index >= 15 is 0 Å². The molecule has 0 radical (unpaired) electrons. The smallest absolute Gasteiger partial charge is 0.139 e. The Morgan fingerprint density at radius 1 is 0.862 bits per heavy atom. The van der Waals surface area contributed by atoms with Gasteiger partial charge in [0.25, 0.3) is 0 Å². The zero-order chi connectivity index (χ0) is 20.2. The summed E-state index contributed by atoms with van der Waals surface area (Å²) >= 11 is 0. The van der Waals surface area contributed by atoms with E-state index in [0.717, 1.165) is 16.3 Å². The van der Waals surface area contributed by atoms with Gasteiger partial charge in [0.1, 0.15) is 17.4 Å². The normalized spacial score (nSPS) is 10.4. The quantitative estimate of drug-likeness (QED) is 0.405. The van der Waals surface area contributed by atoms with Gasteiger partial charge in [-0.2, -0.15) is 0 Å². The maximum absolute atomic E-state index is 14.5. The van der Waals surface area contributed by atoms with Gasteiger partial charge in [-0.25, -0.2) is 8.78 Å². The minimum atomic E-state index is -0.409. The average molecular weight is 385 g/mol. The molecule has 0 aliphatic rings. The van der Waals surface area contributed by atoms with E-state index in [-0.39, 0.29) is 5.82 Å². The van der Waals surface area contributed by atoms with E-state index in [0.29, 0.717) is 29.2 Å². The standard InChI is InChI=1S/C25H17F2NO/c1-2-29-23-11-12-25(28-16-23)21-8-7-18(24(27)15-21)5-3-17-4-6-20-14-22(26)10-9-19(20)13-17/h4,6-16H,2H2,1H3. The Labute approximate surface area is 167 Å². The molecule has 0 saturated heterocycles. The Morgan fingerprint density at radius 2 is 1.69 bits per heavy atom. The summed E-state index contributed by atoms with van der Waals surface area (Å²) in [4.78, 5) is 4.31. The van der Waals surface area contributed by atoms with Gasteiger partial charge in [-0.15, -0.1) is 0 Å². The first-order valence-corrected chi connectivity index (χ1v) is 9.22. The first kappa shape index (κ1) is 18.6. The van der Waals surface area contributed by atoms with Crippen molar-refractivity contribution < 1.29 is 13.5 Å². The predicted molar refractivity (Wildman–Crippen MR) is 111 cm³/mol. The summed E-state index contributed by atoms with van der Waals surface area (Å²) in [7, 11) is 0. The van der Waals surface area contributed by atoms with Crippen molar-refractivity contribution in [3.63, 3.8) is 0 Å². The summed E-state index contributed by atoms with van der Waals surface area (Å²) in [6.07, 6.45) is 1.62. The molecule has 4 aromatic rings. The van der Waals surface area contributed by atoms with Gasteiger partial charge in [-0.3, -0.25) is 4.98 Å². The molecule has 142 valence electrons. The molecule has 1 aromatic heterocycles. The van der Waals surface area contributed by atoms with Crippen LogP contribution in [0.25, 0.3) is 22.0 Å². The van der Waals surface area contributed by atoms with Crippen LogP contribution in [0.2, 0.25) is 0 Å². The highest BCUT2D eigenvalue weighted by molar-refractivity contribution is 5.84. The van der Waals surface area contributed by atoms with Gasteiger partial charge in [0, 0.05) is 11.1 Å². The summed E-state index contributed by atoms with van der Waals surface area (Å²) in [5.74, 6) is 5.84. The number of pyridine rings is 1. The molecule has 0 atom stereocenters. The molecule has 0 aliphatic heterocycles. The molecule has 0 amide bonds. The van der Waals surface area contributed by atoms with E-state index < -0.39 is 5.82 Å². The monoisotopic (exact) mass is 385 g/mol. The van der Waals surface area contributed by atoms with Crippen LogP contribution in [0.4, 0.5) is 8.78 Å². The molecule has 4 heteroatoms. The van der Waals surface area contributed by atoms with Crippen molar-refractivity contribution in [1.29, 1.82) is 0 Å². The average Bonchev–Trinajstić information content (AvgIpc) is 2.73. The summed E-state index contributed by atoms with van der Waals surface area (Å²) in [6.45, 7) is 2.47. The van der Waals surface area contributed by atoms with Crippen molar-refractivity contribution in [3.8, 4) is 28.8 Å². The summed E-state index contributed by atoms with van der Waals surface area (Å²) in [6, 6.07) is 18.5. The Hall–Kier alpha value is -3.71. The van der Waals surface area contributed by atoms with Crippen LogP contribution in [-0.2, 0) is 0 Å². The van der Waals surface area contributed by atoms with Gasteiger partial charge in [0.2, 0.25) is 0 Å². The van der Waals surface area contributed by atoms with Crippen molar-refractivity contribution in [1.82, 2.24) is 4.98 Å². The van der Waals surface area contributed by atoms with Crippen LogP contribution in [0.1, 0.15) is 18.1 Å². The lowest BCUT2D eigenvalue weighted by molar-refractivity contribution is 0.339. The van der Waals surface area contributed by atoms with Crippen molar-refractivity contribution in [2.45, 2.75) is 6.92 Å². The molecule has 1 heterocycles. The number of nitrogens with zero attached hydrogens (tertiary/aromatic N) is 1. The van der Waals surface area contributed by atoms with E-state index in [9.17, 15) is 8.78 Å². The maximum atomic E-state index is 14.5. The zero-order valence-electron chi connectivity index (χ0n) is 15.7. The summed E-state index contributed by atoms with van der Waals surface area (Å²) < 4.78 is 33.2. The fraction of sp³-hybridized carbons (Fsp3) is 0.0800. The highest BCUT2D eigenvalue weighted by Crippen LogP contribution is 2.22. The molecular formula is C25H17F2NO. The lowest BCUT2D eigenvalue weighted by atomic mass is 10.1. The van der Waals surface area contributed by atoms with Crippen molar-refractivity contribution in [2.24, 2.45) is 0 Å². The predicted octanol–water partition coefficient (Wildman–Crippen LogP) is 5.98. The van der Waals surface area contributed by atoms with E-state index in [1.165, 1.54) is 18.2 Å². The highest BCUT2D eigenvalue weighted by Gasteiger charge is 2.05. The third-order valence-corrected chi connectivity index (χ3v) is 4.46. The molecule has 0 N–H and O–H groups in total. The molecular weight excluding hydrogens is 368 g/mol. The molecule has 3 aromatic carbocycles. The maximum Gasteiger partial charge on any atom is 0.139 e. The molecule has 0 bridgehead atoms. The number of ether oxygens (including phenoxy) is 1. The lowest BCUT2D eigenvalue weighted by Gasteiger charge is -2.05. The topological polar surface area (TPSA) is 22.1 Å². The first-order chi connectivity index (χ1) is 14.1. The van der Waals surface area contributed by atoms with Gasteiger partial charge in [0.15, 0.2) is 0 Å². The summed E-state index contributed by atoms with van der Waals surface area (Å²) in [5, 5.41) is 1.68. The van der Waals surface area contributed by atoms with Gasteiger partial charge < -0.3 is 4.74 Å². The van der Waals surface area contributed by atoms with Crippen LogP contribution < -0.4 is 4.74 Å². The second-order valence-corrected chi connectivity index (χ2v) is 6.46. The second kappa shape index (κ2) is 8.12. The van der Waals surface area contributed by atoms with Gasteiger partial charge >= 0.3 is 0 Å². The Bertz CT molecular complexity index is 1240. The van der Waals surface area contributed by atoms with E-state index in [1.54, 1.807) is 42.6 Å². The number of fused-ring (bicyclic) bond motifs is 1. The van der Waals surface area contributed by atoms with E-state index in [4.69, 9.17) is 4.74 Å². The number of rotatable bonds is 3. The van der Waals surface area contributed by atoms with Gasteiger partial charge in [0.05, 0.1) is 24.1 Å². The SMILES string of the molecule is CCOc1ccc(-c2ccc(C#Cc3ccc4cc(F)ccc4c3)c(F)c2)nc1. The van der Waals surface area contributed by atoms with Crippen LogP contribution >= 0.6 is 0 Å². The largest absolute Gasteiger partial charge is 0.492 e. The first-order valence-electron chi connectivity index (χ1n) is 9.22. The molecule has 0 aliphatic carbocycles. The van der Waals surface area contributed by atoms with Crippen LogP contribution in [0.5, 0.6) is 5.75 Å². The molecule has 2 nitrogen and oxygen atoms in total. The minimum absolute atomic E-state index is 0.277. The zero-order valence-corrected chi connectivity index (χ0v) is 15.7. The number of benzene rings is 3. The van der Waals surface area contributed by atoms with Crippen LogP contribution in [0, 0.1) is 23.5 Å². The Kier molecular flexibility index (Phi) is 5.22. The third kappa shape index (κ3) is 4.25. The summed E-state index contributed by atoms with van der Waals surface area (Å²) in [5.41, 5.74) is 2.37. The number of halogens is 2. The Balaban J connectivity index is 1.58. The molecule has 0 fully saturated rings. The molecule has 0 spiro atoms. The van der Waals surface area contributed by atoms with Gasteiger partial charge in [-0.1, -0.05) is 30.0 Å². The fourth-order valence-corrected chi connectivity index (χ4v) is 3.01. The second-order valence-electron chi connectivity index (χ2n) is 6.46. The number of hydrogen-bond donors (Lipinski definition) is 0. The van der Waals surface area contributed by atoms with Crippen molar-refractivity contribution >= 4 is 10.8 Å². The molecule has 29 heavy (non-hydrogen) atoms. The van der Waals surface area contributed by atoms with Crippen molar-refractivity contribution in [2.75, 3.05) is 6.61 Å². The molecule has 0 saturated carbocycles. The minimum Gasteiger partial charge on any atom is -0.492 e. The molecule has 4 rings (SSSR count). The van der Waals surface area contributed by atoms with Crippen LogP contribution in [-0.4, -0.2) is 11.6 Å². The van der Waals surface area contributed by atoms with E-state index in [1.807, 2.05) is 19.1 Å². The molecule has 0 unspecified atom stereocenters. The number of hydrogen-bond acceptors (Lipinski definition) is 2. The third-order valence-electron chi connectivity index (χ3n) is 4.46. The highest BCUT2D eigenvalue weighted by atomic mass is 19.1. The van der Waals surface area contributed by atoms with Crippen LogP contribution in [0.15, 0.2) is 72.9 Å². The van der Waals surface area contributed by atoms with E-state index in [2.05, 4.69) is 16.8 Å². The Morgan fingerprint density at radius 3 is 2.45 bits per heavy atom. The van der Waals surface area contributed by atoms with Gasteiger partial charge in [-0.05, 0) is 66.2 Å². The van der Waals surface area contributed by atoms with Crippen LogP contribution in [0.3, 0.4) is 0 Å². The van der Waals surface area contributed by atoms with Crippen molar-refractivity contribution in [3.05, 3.63) is 95.7 Å².